The van der Waals surface area contributed by atoms with Gasteiger partial charge in [-0.25, -0.2) is 4.39 Å². The summed E-state index contributed by atoms with van der Waals surface area (Å²) < 4.78 is 14.8. The lowest BCUT2D eigenvalue weighted by Gasteiger charge is -2.41. The number of hydrogen-bond acceptors (Lipinski definition) is 4. The van der Waals surface area contributed by atoms with Crippen molar-refractivity contribution in [2.45, 2.75) is 97.8 Å². The highest BCUT2D eigenvalue weighted by atomic mass is 19.1. The smallest absolute Gasteiger partial charge is 0.251 e. The van der Waals surface area contributed by atoms with Crippen molar-refractivity contribution in [1.29, 1.82) is 0 Å². The van der Waals surface area contributed by atoms with E-state index in [1.54, 1.807) is 6.07 Å². The number of carbonyl (C=O) groups excluding carboxylic acids is 2. The molecule has 34 heavy (non-hydrogen) atoms. The maximum Gasteiger partial charge on any atom is 0.251 e. The van der Waals surface area contributed by atoms with Gasteiger partial charge < -0.3 is 20.9 Å². The number of amides is 2. The highest BCUT2D eigenvalue weighted by Crippen LogP contribution is 2.31. The molecule has 2 aliphatic heterocycles. The summed E-state index contributed by atoms with van der Waals surface area (Å²) in [5.74, 6) is -0.730. The third-order valence-corrected chi connectivity index (χ3v) is 7.59. The molecule has 5 atom stereocenters. The van der Waals surface area contributed by atoms with Crippen molar-refractivity contribution in [3.63, 3.8) is 0 Å². The van der Waals surface area contributed by atoms with Crippen LogP contribution in [0.15, 0.2) is 12.1 Å². The van der Waals surface area contributed by atoms with Gasteiger partial charge in [0.15, 0.2) is 0 Å². The quantitative estimate of drug-likeness (QED) is 0.529. The minimum atomic E-state index is -0.410. The lowest BCUT2D eigenvalue weighted by molar-refractivity contribution is -0.129. The highest BCUT2D eigenvalue weighted by Gasteiger charge is 2.35. The molecule has 6 nitrogen and oxygen atoms in total. The van der Waals surface area contributed by atoms with Crippen LogP contribution in [0.3, 0.4) is 0 Å². The van der Waals surface area contributed by atoms with Crippen LogP contribution >= 0.6 is 0 Å². The van der Waals surface area contributed by atoms with Crippen LogP contribution in [0.4, 0.5) is 10.1 Å². The Morgan fingerprint density at radius 1 is 1.12 bits per heavy atom. The maximum absolute atomic E-state index is 14.8. The van der Waals surface area contributed by atoms with Crippen LogP contribution < -0.4 is 20.9 Å². The first-order valence-corrected chi connectivity index (χ1v) is 13.1. The zero-order valence-corrected chi connectivity index (χ0v) is 21.7. The van der Waals surface area contributed by atoms with E-state index >= 15 is 0 Å². The van der Waals surface area contributed by atoms with Crippen LogP contribution in [0.1, 0.15) is 82.6 Å². The van der Waals surface area contributed by atoms with Crippen LogP contribution in [0, 0.1) is 24.6 Å². The van der Waals surface area contributed by atoms with E-state index < -0.39 is 5.82 Å². The number of hydrogen-bond donors (Lipinski definition) is 3. The fraction of sp³-hybridized carbons (Fsp3) is 0.704. The predicted octanol–water partition coefficient (Wildman–Crippen LogP) is 4.16. The first-order chi connectivity index (χ1) is 16.1. The van der Waals surface area contributed by atoms with Crippen LogP contribution in [-0.4, -0.2) is 49.1 Å². The third kappa shape index (κ3) is 6.09. The van der Waals surface area contributed by atoms with Gasteiger partial charge in [-0.15, -0.1) is 0 Å². The number of nitrogens with one attached hydrogen (secondary N) is 3. The van der Waals surface area contributed by atoms with E-state index in [1.165, 1.54) is 6.07 Å². The molecule has 0 aromatic heterocycles. The molecule has 2 aliphatic rings. The number of rotatable bonds is 8. The SMILES string of the molecule is CCCC1CC(C)NC(=O)C1CNC(=O)c1cc(F)cc(N(CC)C2C[C@@H](C)N[C@H](C)C2)c1C. The number of benzene rings is 1. The first-order valence-electron chi connectivity index (χ1n) is 13.1. The minimum Gasteiger partial charge on any atom is -0.368 e. The lowest BCUT2D eigenvalue weighted by Crippen LogP contribution is -2.51. The Bertz CT molecular complexity index is 866. The Hall–Kier alpha value is -2.15. The average molecular weight is 475 g/mol. The molecule has 0 radical (unpaired) electrons. The molecule has 0 bridgehead atoms. The van der Waals surface area contributed by atoms with Gasteiger partial charge in [-0.1, -0.05) is 13.3 Å². The second kappa shape index (κ2) is 11.5. The Morgan fingerprint density at radius 2 is 1.79 bits per heavy atom. The van der Waals surface area contributed by atoms with Crippen molar-refractivity contribution in [3.8, 4) is 0 Å². The lowest BCUT2D eigenvalue weighted by atomic mass is 9.80. The number of nitrogens with zero attached hydrogens (tertiary/aromatic N) is 1. The molecule has 2 saturated heterocycles. The standard InChI is InChI=1S/C27H43FN4O2/c1-7-9-20-10-16(3)31-27(34)24(20)15-29-26(33)23-13-21(28)14-25(19(23)6)32(8-2)22-11-17(4)30-18(5)12-22/h13-14,16-18,20,22,24,30H,7-12,15H2,1-6H3,(H,29,33)(H,31,34)/t16?,17-,18-,20?,24?/m1/s1. The summed E-state index contributed by atoms with van der Waals surface area (Å²) in [5.41, 5.74) is 1.92. The minimum absolute atomic E-state index is 0.000425. The van der Waals surface area contributed by atoms with E-state index in [0.29, 0.717) is 17.6 Å². The fourth-order valence-electron chi connectivity index (χ4n) is 6.10. The number of piperidine rings is 2. The molecule has 3 N–H and O–H groups in total. The summed E-state index contributed by atoms with van der Waals surface area (Å²) in [6.45, 7) is 13.5. The predicted molar refractivity (Wildman–Crippen MR) is 136 cm³/mol. The summed E-state index contributed by atoms with van der Waals surface area (Å²) in [4.78, 5) is 28.1. The molecule has 3 unspecified atom stereocenters. The van der Waals surface area contributed by atoms with E-state index in [0.717, 1.165) is 49.9 Å². The first kappa shape index (κ1) is 26.5. The molecular weight excluding hydrogens is 431 g/mol. The average Bonchev–Trinajstić information content (AvgIpc) is 2.75. The van der Waals surface area contributed by atoms with Crippen molar-refractivity contribution in [2.75, 3.05) is 18.0 Å². The number of carbonyl (C=O) groups is 2. The molecule has 1 aromatic rings. The van der Waals surface area contributed by atoms with Crippen molar-refractivity contribution < 1.29 is 14.0 Å². The molecule has 1 aromatic carbocycles. The van der Waals surface area contributed by atoms with Gasteiger partial charge in [-0.05, 0) is 83.9 Å². The van der Waals surface area contributed by atoms with E-state index in [1.807, 2.05) is 13.8 Å². The van der Waals surface area contributed by atoms with E-state index in [4.69, 9.17) is 0 Å². The molecule has 0 saturated carbocycles. The van der Waals surface area contributed by atoms with Gasteiger partial charge in [0, 0.05) is 48.5 Å². The van der Waals surface area contributed by atoms with Gasteiger partial charge in [0.25, 0.3) is 5.91 Å². The van der Waals surface area contributed by atoms with Gasteiger partial charge in [0.1, 0.15) is 5.82 Å². The summed E-state index contributed by atoms with van der Waals surface area (Å²) in [5, 5.41) is 9.53. The normalized spacial score (nSPS) is 29.4. The monoisotopic (exact) mass is 474 g/mol. The molecule has 7 heteroatoms. The van der Waals surface area contributed by atoms with Crippen LogP contribution in [0.25, 0.3) is 0 Å². The zero-order chi connectivity index (χ0) is 25.0. The zero-order valence-electron chi connectivity index (χ0n) is 21.7. The molecule has 2 amide bonds. The third-order valence-electron chi connectivity index (χ3n) is 7.59. The number of anilines is 1. The fourth-order valence-corrected chi connectivity index (χ4v) is 6.10. The Morgan fingerprint density at radius 3 is 2.41 bits per heavy atom. The van der Waals surface area contributed by atoms with Crippen molar-refractivity contribution in [3.05, 3.63) is 29.1 Å². The van der Waals surface area contributed by atoms with Gasteiger partial charge in [0.2, 0.25) is 5.91 Å². The van der Waals surface area contributed by atoms with E-state index in [9.17, 15) is 14.0 Å². The van der Waals surface area contributed by atoms with Crippen LogP contribution in [0.2, 0.25) is 0 Å². The maximum atomic E-state index is 14.8. The van der Waals surface area contributed by atoms with Crippen molar-refractivity contribution >= 4 is 17.5 Å². The molecular formula is C27H43FN4O2. The molecule has 2 fully saturated rings. The summed E-state index contributed by atoms with van der Waals surface area (Å²) in [6, 6.07) is 4.10. The van der Waals surface area contributed by atoms with Crippen LogP contribution in [0.5, 0.6) is 0 Å². The number of halogens is 1. The molecule has 2 heterocycles. The van der Waals surface area contributed by atoms with Gasteiger partial charge in [-0.3, -0.25) is 9.59 Å². The Kier molecular flexibility index (Phi) is 8.96. The molecule has 190 valence electrons. The van der Waals surface area contributed by atoms with Crippen molar-refractivity contribution in [1.82, 2.24) is 16.0 Å². The molecule has 3 rings (SSSR count). The van der Waals surface area contributed by atoms with Gasteiger partial charge in [0.05, 0.1) is 5.92 Å². The molecule has 0 spiro atoms. The second-order valence-corrected chi connectivity index (χ2v) is 10.5. The van der Waals surface area contributed by atoms with Crippen LogP contribution in [-0.2, 0) is 4.79 Å². The van der Waals surface area contributed by atoms with E-state index in [2.05, 4.69) is 48.5 Å². The summed E-state index contributed by atoms with van der Waals surface area (Å²) >= 11 is 0. The van der Waals surface area contributed by atoms with E-state index in [-0.39, 0.29) is 42.3 Å². The highest BCUT2D eigenvalue weighted by molar-refractivity contribution is 5.97. The van der Waals surface area contributed by atoms with Gasteiger partial charge >= 0.3 is 0 Å². The topological polar surface area (TPSA) is 73.5 Å². The summed E-state index contributed by atoms with van der Waals surface area (Å²) in [7, 11) is 0. The molecule has 0 aliphatic carbocycles. The summed E-state index contributed by atoms with van der Waals surface area (Å²) in [6.07, 6.45) is 4.83. The van der Waals surface area contributed by atoms with Crippen molar-refractivity contribution in [2.24, 2.45) is 11.8 Å². The Balaban J connectivity index is 1.79. The largest absolute Gasteiger partial charge is 0.368 e. The second-order valence-electron chi connectivity index (χ2n) is 10.5. The van der Waals surface area contributed by atoms with Gasteiger partial charge in [-0.2, -0.15) is 0 Å². The Labute approximate surface area is 204 Å².